The maximum atomic E-state index is 11.3. The second-order valence-electron chi connectivity index (χ2n) is 6.79. The minimum absolute atomic E-state index is 0.210. The van der Waals surface area contributed by atoms with Crippen molar-refractivity contribution in [3.8, 4) is 5.75 Å². The molecule has 1 aliphatic rings. The number of hydrogen-bond acceptors (Lipinski definition) is 3. The first-order valence-corrected chi connectivity index (χ1v) is 8.81. The first-order valence-electron chi connectivity index (χ1n) is 8.81. The number of hydrogen-bond donors (Lipinski definition) is 1. The summed E-state index contributed by atoms with van der Waals surface area (Å²) in [4.78, 5) is 11.3. The summed E-state index contributed by atoms with van der Waals surface area (Å²) in [5.41, 5.74) is 4.01. The van der Waals surface area contributed by atoms with Gasteiger partial charge in [0, 0.05) is 24.9 Å². The van der Waals surface area contributed by atoms with Crippen LogP contribution >= 0.6 is 0 Å². The minimum Gasteiger partial charge on any atom is -0.496 e. The number of methoxy groups -OCH3 is 1. The van der Waals surface area contributed by atoms with Gasteiger partial charge < -0.3 is 10.1 Å². The van der Waals surface area contributed by atoms with Crippen molar-refractivity contribution in [2.45, 2.75) is 67.0 Å². The van der Waals surface area contributed by atoms with E-state index in [4.69, 9.17) is 4.74 Å². The van der Waals surface area contributed by atoms with Crippen LogP contribution in [-0.2, 0) is 17.9 Å². The van der Waals surface area contributed by atoms with Gasteiger partial charge in [0.2, 0.25) is 0 Å². The van der Waals surface area contributed by atoms with Gasteiger partial charge in [-0.25, -0.2) is 0 Å². The van der Waals surface area contributed by atoms with Gasteiger partial charge in [-0.15, -0.1) is 0 Å². The summed E-state index contributed by atoms with van der Waals surface area (Å²) >= 11 is 0. The number of unbranched alkanes of at least 4 members (excludes halogenated alkanes) is 1. The summed E-state index contributed by atoms with van der Waals surface area (Å²) < 4.78 is 5.24. The van der Waals surface area contributed by atoms with E-state index in [9.17, 15) is 4.79 Å². The lowest BCUT2D eigenvalue weighted by Crippen LogP contribution is -2.16. The average molecular weight is 319 g/mol. The lowest BCUT2D eigenvalue weighted by Gasteiger charge is -2.11. The molecular weight excluding hydrogens is 286 g/mol. The van der Waals surface area contributed by atoms with Gasteiger partial charge in [0.05, 0.1) is 7.11 Å². The second-order valence-corrected chi connectivity index (χ2v) is 6.79. The average Bonchev–Trinajstić information content (AvgIpc) is 2.98. The van der Waals surface area contributed by atoms with Crippen LogP contribution in [0.5, 0.6) is 5.75 Å². The highest BCUT2D eigenvalue weighted by Gasteiger charge is 2.15. The van der Waals surface area contributed by atoms with Gasteiger partial charge in [0.25, 0.3) is 0 Å². The summed E-state index contributed by atoms with van der Waals surface area (Å²) in [6.07, 6.45) is 3.43. The third-order valence-electron chi connectivity index (χ3n) is 4.39. The van der Waals surface area contributed by atoms with Crippen molar-refractivity contribution in [3.05, 3.63) is 28.8 Å². The zero-order valence-electron chi connectivity index (χ0n) is 15.7. The van der Waals surface area contributed by atoms with Crippen molar-refractivity contribution in [3.63, 3.8) is 0 Å². The molecule has 1 heterocycles. The Morgan fingerprint density at radius 1 is 1.22 bits per heavy atom. The highest BCUT2D eigenvalue weighted by Crippen LogP contribution is 2.25. The smallest absolute Gasteiger partial charge is 0.138 e. The second kappa shape index (κ2) is 9.71. The molecule has 3 nitrogen and oxygen atoms in total. The molecule has 0 aliphatic carbocycles. The maximum absolute atomic E-state index is 11.3. The largest absolute Gasteiger partial charge is 0.496 e. The zero-order valence-corrected chi connectivity index (χ0v) is 15.7. The Labute approximate surface area is 141 Å². The molecule has 0 saturated carbocycles. The molecule has 2 rings (SSSR count). The number of carbonyl (C=O) groups is 1. The highest BCUT2D eigenvalue weighted by molar-refractivity contribution is 5.82. The molecule has 1 aliphatic heterocycles. The van der Waals surface area contributed by atoms with Crippen molar-refractivity contribution in [1.82, 2.24) is 5.32 Å². The van der Waals surface area contributed by atoms with Gasteiger partial charge in [-0.3, -0.25) is 4.79 Å². The van der Waals surface area contributed by atoms with Crippen LogP contribution in [-0.4, -0.2) is 12.9 Å². The molecule has 130 valence electrons. The fraction of sp³-hybridized carbons (Fsp3) is 0.650. The van der Waals surface area contributed by atoms with Crippen molar-refractivity contribution in [2.24, 2.45) is 11.8 Å². The number of carbonyl (C=O) groups excluding carboxylic acids is 1. The Balaban J connectivity index is 0.000000232. The molecule has 0 fully saturated rings. The molecule has 0 amide bonds. The number of rotatable bonds is 6. The van der Waals surface area contributed by atoms with Crippen molar-refractivity contribution in [2.75, 3.05) is 7.11 Å². The van der Waals surface area contributed by atoms with Gasteiger partial charge in [0.1, 0.15) is 11.5 Å². The summed E-state index contributed by atoms with van der Waals surface area (Å²) in [5.74, 6) is 1.90. The van der Waals surface area contributed by atoms with Gasteiger partial charge in [-0.1, -0.05) is 46.6 Å². The van der Waals surface area contributed by atoms with Gasteiger partial charge in [-0.05, 0) is 36.1 Å². The Hall–Kier alpha value is -1.35. The molecular formula is C20H33NO2. The Morgan fingerprint density at radius 3 is 2.35 bits per heavy atom. The van der Waals surface area contributed by atoms with Crippen LogP contribution in [0.25, 0.3) is 0 Å². The van der Waals surface area contributed by atoms with Gasteiger partial charge in [-0.2, -0.15) is 0 Å². The number of nitrogens with one attached hydrogen (secondary N) is 1. The molecule has 1 atom stereocenters. The minimum atomic E-state index is 0.210. The number of aryl methyl sites for hydroxylation is 1. The summed E-state index contributed by atoms with van der Waals surface area (Å²) in [6, 6.07) is 4.33. The van der Waals surface area contributed by atoms with Crippen molar-refractivity contribution >= 4 is 5.78 Å². The Bertz CT molecular complexity index is 508. The fourth-order valence-corrected chi connectivity index (χ4v) is 2.89. The molecule has 3 heteroatoms. The first kappa shape index (κ1) is 19.7. The fourth-order valence-electron chi connectivity index (χ4n) is 2.89. The summed E-state index contributed by atoms with van der Waals surface area (Å²) in [7, 11) is 1.72. The monoisotopic (exact) mass is 319 g/mol. The van der Waals surface area contributed by atoms with Crippen LogP contribution in [0, 0.1) is 18.8 Å². The number of Topliss-reactive ketones (excluding diaryl/α,β-unsaturated/α-hetero) is 1. The van der Waals surface area contributed by atoms with Crippen molar-refractivity contribution in [1.29, 1.82) is 0 Å². The van der Waals surface area contributed by atoms with Crippen molar-refractivity contribution < 1.29 is 9.53 Å². The molecule has 23 heavy (non-hydrogen) atoms. The van der Waals surface area contributed by atoms with E-state index in [1.54, 1.807) is 7.11 Å². The number of fused-ring (bicyclic) bond motifs is 1. The third kappa shape index (κ3) is 5.98. The third-order valence-corrected chi connectivity index (χ3v) is 4.39. The number of benzene rings is 1. The van der Waals surface area contributed by atoms with Crippen LogP contribution in [0.3, 0.4) is 0 Å². The molecule has 1 aromatic carbocycles. The van der Waals surface area contributed by atoms with E-state index in [1.807, 2.05) is 20.8 Å². The Morgan fingerprint density at radius 2 is 1.83 bits per heavy atom. The van der Waals surface area contributed by atoms with E-state index >= 15 is 0 Å². The SMILES string of the molecule is CCCCC(C)C(=O)C(C)C.COc1cc2c(cc1C)CNC2. The molecule has 0 bridgehead atoms. The lowest BCUT2D eigenvalue weighted by molar-refractivity contribution is -0.125. The number of ketones is 1. The number of ether oxygens (including phenoxy) is 1. The normalized spacial score (nSPS) is 14.0. The van der Waals surface area contributed by atoms with Crippen LogP contribution in [0.4, 0.5) is 0 Å². The topological polar surface area (TPSA) is 38.3 Å². The first-order chi connectivity index (χ1) is 10.9. The summed E-state index contributed by atoms with van der Waals surface area (Å²) in [6.45, 7) is 12.2. The zero-order chi connectivity index (χ0) is 17.4. The quantitative estimate of drug-likeness (QED) is 0.830. The predicted molar refractivity (Wildman–Crippen MR) is 96.8 cm³/mol. The molecule has 1 N–H and O–H groups in total. The van der Waals surface area contributed by atoms with E-state index < -0.39 is 0 Å². The Kier molecular flexibility index (Phi) is 8.32. The molecule has 1 unspecified atom stereocenters. The molecule has 0 spiro atoms. The maximum Gasteiger partial charge on any atom is 0.138 e. The van der Waals surface area contributed by atoms with E-state index in [1.165, 1.54) is 29.5 Å². The van der Waals surface area contributed by atoms with Crippen LogP contribution in [0.15, 0.2) is 12.1 Å². The molecule has 1 aromatic rings. The van der Waals surface area contributed by atoms with Crippen LogP contribution in [0.1, 0.15) is 63.6 Å². The van der Waals surface area contributed by atoms with Crippen LogP contribution in [0.2, 0.25) is 0 Å². The predicted octanol–water partition coefficient (Wildman–Crippen LogP) is 4.64. The molecule has 0 saturated heterocycles. The van der Waals surface area contributed by atoms with E-state index in [-0.39, 0.29) is 11.8 Å². The van der Waals surface area contributed by atoms with Gasteiger partial charge >= 0.3 is 0 Å². The van der Waals surface area contributed by atoms with E-state index in [0.29, 0.717) is 5.78 Å². The molecule has 0 radical (unpaired) electrons. The standard InChI is InChI=1S/C10H13NO.C10H20O/c1-7-3-8-5-11-6-9(8)4-10(7)12-2;1-5-6-7-9(4)10(11)8(2)3/h3-4,11H,5-6H2,1-2H3;8-9H,5-7H2,1-4H3. The highest BCUT2D eigenvalue weighted by atomic mass is 16.5. The lowest BCUT2D eigenvalue weighted by atomic mass is 9.93. The van der Waals surface area contributed by atoms with E-state index in [0.717, 1.165) is 25.3 Å². The summed E-state index contributed by atoms with van der Waals surface area (Å²) in [5, 5.41) is 3.31. The van der Waals surface area contributed by atoms with Gasteiger partial charge in [0.15, 0.2) is 0 Å². The van der Waals surface area contributed by atoms with E-state index in [2.05, 4.69) is 31.3 Å². The molecule has 0 aromatic heterocycles. The van der Waals surface area contributed by atoms with Crippen LogP contribution < -0.4 is 10.1 Å².